The lowest BCUT2D eigenvalue weighted by Crippen LogP contribution is -2.12. The summed E-state index contributed by atoms with van der Waals surface area (Å²) in [5.74, 6) is 0. The van der Waals surface area contributed by atoms with E-state index in [0.29, 0.717) is 0 Å². The van der Waals surface area contributed by atoms with Crippen molar-refractivity contribution < 1.29 is 0 Å². The Morgan fingerprint density at radius 1 is 1.08 bits per heavy atom. The molecule has 2 aromatic heterocycles. The molecule has 0 fully saturated rings. The first-order valence-corrected chi connectivity index (χ1v) is 4.26. The average Bonchev–Trinajstić information content (AvgIpc) is 2.02. The number of aryl methyl sites for hydroxylation is 2. The Morgan fingerprint density at radius 3 is 2.54 bits per heavy atom. The Hall–Kier alpha value is -1.57. The van der Waals surface area contributed by atoms with Crippen molar-refractivity contribution in [2.75, 3.05) is 0 Å². The fourth-order valence-corrected chi connectivity index (χ4v) is 1.48. The molecule has 0 N–H and O–H groups in total. The Morgan fingerprint density at radius 2 is 1.77 bits per heavy atom. The van der Waals surface area contributed by atoms with Gasteiger partial charge in [0.1, 0.15) is 0 Å². The standard InChI is InChI=1S/C11H11NO/c1-8-3-4-12-10(5-8)6-9(2)7-11(12)13/h3-7H,1-2H3. The van der Waals surface area contributed by atoms with Gasteiger partial charge < -0.3 is 0 Å². The number of rotatable bonds is 0. The number of fused-ring (bicyclic) bond motifs is 1. The highest BCUT2D eigenvalue weighted by molar-refractivity contribution is 5.50. The fraction of sp³-hybridized carbons (Fsp3) is 0.182. The molecule has 2 heteroatoms. The van der Waals surface area contributed by atoms with Crippen molar-refractivity contribution >= 4 is 5.52 Å². The van der Waals surface area contributed by atoms with Gasteiger partial charge in [-0.2, -0.15) is 0 Å². The van der Waals surface area contributed by atoms with Crippen LogP contribution < -0.4 is 5.56 Å². The van der Waals surface area contributed by atoms with Crippen molar-refractivity contribution in [2.45, 2.75) is 13.8 Å². The molecule has 2 heterocycles. The van der Waals surface area contributed by atoms with Gasteiger partial charge in [0.25, 0.3) is 5.56 Å². The van der Waals surface area contributed by atoms with E-state index in [9.17, 15) is 4.79 Å². The summed E-state index contributed by atoms with van der Waals surface area (Å²) in [5, 5.41) is 0. The zero-order valence-electron chi connectivity index (χ0n) is 7.74. The molecule has 66 valence electrons. The molecule has 2 nitrogen and oxygen atoms in total. The lowest BCUT2D eigenvalue weighted by atomic mass is 10.2. The maximum absolute atomic E-state index is 11.5. The zero-order valence-corrected chi connectivity index (χ0v) is 7.74. The summed E-state index contributed by atoms with van der Waals surface area (Å²) in [6, 6.07) is 7.59. The highest BCUT2D eigenvalue weighted by atomic mass is 16.1. The molecular formula is C11H11NO. The Bertz CT molecular complexity index is 506. The largest absolute Gasteiger partial charge is 0.284 e. The van der Waals surface area contributed by atoms with Crippen molar-refractivity contribution in [3.05, 3.63) is 51.9 Å². The average molecular weight is 173 g/mol. The summed E-state index contributed by atoms with van der Waals surface area (Å²) >= 11 is 0. The van der Waals surface area contributed by atoms with Crippen LogP contribution in [0, 0.1) is 13.8 Å². The third-order valence-corrected chi connectivity index (χ3v) is 2.10. The SMILES string of the molecule is Cc1ccn2c(=O)cc(C)cc2c1. The van der Waals surface area contributed by atoms with E-state index < -0.39 is 0 Å². The number of pyridine rings is 2. The van der Waals surface area contributed by atoms with E-state index in [4.69, 9.17) is 0 Å². The molecule has 13 heavy (non-hydrogen) atoms. The van der Waals surface area contributed by atoms with Crippen molar-refractivity contribution in [3.63, 3.8) is 0 Å². The first kappa shape index (κ1) is 8.05. The van der Waals surface area contributed by atoms with Crippen molar-refractivity contribution in [1.82, 2.24) is 4.40 Å². The first-order valence-electron chi connectivity index (χ1n) is 4.26. The van der Waals surface area contributed by atoms with Crippen LogP contribution in [-0.4, -0.2) is 4.40 Å². The Balaban J connectivity index is 2.95. The minimum Gasteiger partial charge on any atom is -0.284 e. The maximum atomic E-state index is 11.5. The van der Waals surface area contributed by atoms with Gasteiger partial charge in [0.05, 0.1) is 0 Å². The van der Waals surface area contributed by atoms with Gasteiger partial charge in [-0.05, 0) is 43.2 Å². The molecule has 0 aliphatic heterocycles. The predicted octanol–water partition coefficient (Wildman–Crippen LogP) is 1.92. The van der Waals surface area contributed by atoms with E-state index in [2.05, 4.69) is 0 Å². The molecule has 0 atom stereocenters. The molecule has 0 amide bonds. The van der Waals surface area contributed by atoms with Gasteiger partial charge in [0, 0.05) is 17.8 Å². The topological polar surface area (TPSA) is 21.5 Å². The van der Waals surface area contributed by atoms with Gasteiger partial charge >= 0.3 is 0 Å². The van der Waals surface area contributed by atoms with Crippen LogP contribution in [0.5, 0.6) is 0 Å². The Labute approximate surface area is 76.5 Å². The van der Waals surface area contributed by atoms with E-state index in [1.54, 1.807) is 10.5 Å². The second kappa shape index (κ2) is 2.73. The van der Waals surface area contributed by atoms with Gasteiger partial charge in [-0.25, -0.2) is 0 Å². The van der Waals surface area contributed by atoms with Crippen molar-refractivity contribution in [1.29, 1.82) is 0 Å². The summed E-state index contributed by atoms with van der Waals surface area (Å²) in [5.41, 5.74) is 3.18. The molecule has 0 saturated carbocycles. The molecule has 0 aliphatic carbocycles. The lowest BCUT2D eigenvalue weighted by Gasteiger charge is -2.02. The summed E-state index contributed by atoms with van der Waals surface area (Å²) in [6.07, 6.45) is 1.81. The van der Waals surface area contributed by atoms with Gasteiger partial charge in [0.15, 0.2) is 0 Å². The van der Waals surface area contributed by atoms with Crippen LogP contribution in [-0.2, 0) is 0 Å². The van der Waals surface area contributed by atoms with Gasteiger partial charge in [-0.3, -0.25) is 9.20 Å². The van der Waals surface area contributed by atoms with E-state index >= 15 is 0 Å². The van der Waals surface area contributed by atoms with E-state index in [1.165, 1.54) is 5.56 Å². The van der Waals surface area contributed by atoms with Gasteiger partial charge in [-0.15, -0.1) is 0 Å². The quantitative estimate of drug-likeness (QED) is 0.596. The van der Waals surface area contributed by atoms with Gasteiger partial charge in [-0.1, -0.05) is 0 Å². The lowest BCUT2D eigenvalue weighted by molar-refractivity contribution is 1.08. The van der Waals surface area contributed by atoms with Crippen LogP contribution in [0.2, 0.25) is 0 Å². The number of aromatic nitrogens is 1. The molecule has 2 rings (SSSR count). The second-order valence-electron chi connectivity index (χ2n) is 3.37. The molecule has 0 radical (unpaired) electrons. The summed E-state index contributed by atoms with van der Waals surface area (Å²) in [6.45, 7) is 3.95. The third kappa shape index (κ3) is 1.35. The molecule has 0 aliphatic rings. The minimum atomic E-state index is 0.0370. The summed E-state index contributed by atoms with van der Waals surface area (Å²) in [4.78, 5) is 11.5. The summed E-state index contributed by atoms with van der Waals surface area (Å²) in [7, 11) is 0. The Kier molecular flexibility index (Phi) is 1.69. The smallest absolute Gasteiger partial charge is 0.255 e. The number of hydrogen-bond donors (Lipinski definition) is 0. The highest BCUT2D eigenvalue weighted by Gasteiger charge is 1.96. The van der Waals surface area contributed by atoms with E-state index in [0.717, 1.165) is 11.1 Å². The zero-order chi connectivity index (χ0) is 9.42. The van der Waals surface area contributed by atoms with Gasteiger partial charge in [0.2, 0.25) is 0 Å². The molecule has 2 aromatic rings. The second-order valence-corrected chi connectivity index (χ2v) is 3.37. The highest BCUT2D eigenvalue weighted by Crippen LogP contribution is 2.05. The molecule has 0 unspecified atom stereocenters. The third-order valence-electron chi connectivity index (χ3n) is 2.10. The molecule has 0 bridgehead atoms. The maximum Gasteiger partial charge on any atom is 0.255 e. The van der Waals surface area contributed by atoms with Crippen molar-refractivity contribution in [2.24, 2.45) is 0 Å². The normalized spacial score (nSPS) is 10.6. The minimum absolute atomic E-state index is 0.0370. The van der Waals surface area contributed by atoms with Crippen LogP contribution in [0.15, 0.2) is 35.3 Å². The molecular weight excluding hydrogens is 162 g/mol. The van der Waals surface area contributed by atoms with Crippen LogP contribution in [0.4, 0.5) is 0 Å². The van der Waals surface area contributed by atoms with E-state index in [-0.39, 0.29) is 5.56 Å². The van der Waals surface area contributed by atoms with Crippen molar-refractivity contribution in [3.8, 4) is 0 Å². The van der Waals surface area contributed by atoms with Crippen LogP contribution in [0.3, 0.4) is 0 Å². The van der Waals surface area contributed by atoms with E-state index in [1.807, 2.05) is 38.2 Å². The fourth-order valence-electron chi connectivity index (χ4n) is 1.48. The van der Waals surface area contributed by atoms with Crippen LogP contribution >= 0.6 is 0 Å². The molecule has 0 spiro atoms. The summed E-state index contributed by atoms with van der Waals surface area (Å²) < 4.78 is 1.65. The number of hydrogen-bond acceptors (Lipinski definition) is 1. The molecule has 0 saturated heterocycles. The predicted molar refractivity (Wildman–Crippen MR) is 53.1 cm³/mol. The monoisotopic (exact) mass is 173 g/mol. The van der Waals surface area contributed by atoms with Crippen LogP contribution in [0.25, 0.3) is 5.52 Å². The molecule has 0 aromatic carbocycles. The first-order chi connectivity index (χ1) is 6.16. The van der Waals surface area contributed by atoms with Crippen LogP contribution in [0.1, 0.15) is 11.1 Å². The number of nitrogens with zero attached hydrogens (tertiary/aromatic N) is 1.